The van der Waals surface area contributed by atoms with Gasteiger partial charge in [-0.2, -0.15) is 0 Å². The molecule has 0 saturated heterocycles. The highest BCUT2D eigenvalue weighted by Gasteiger charge is 2.09. The second-order valence-corrected chi connectivity index (χ2v) is 5.59. The van der Waals surface area contributed by atoms with Crippen LogP contribution in [0.25, 0.3) is 0 Å². The summed E-state index contributed by atoms with van der Waals surface area (Å²) in [4.78, 5) is 0. The Morgan fingerprint density at radius 1 is 1.05 bits per heavy atom. The van der Waals surface area contributed by atoms with Gasteiger partial charge in [0.15, 0.2) is 0 Å². The van der Waals surface area contributed by atoms with E-state index < -0.39 is 0 Å². The van der Waals surface area contributed by atoms with E-state index in [1.807, 2.05) is 25.1 Å². The van der Waals surface area contributed by atoms with Gasteiger partial charge in [-0.25, -0.2) is 0 Å². The van der Waals surface area contributed by atoms with E-state index in [2.05, 4.69) is 39.0 Å². The molecule has 0 aromatic heterocycles. The molecule has 1 atom stereocenters. The SMILES string of the molecule is Cc1ccc(Oc2cccc(C)c2C)c(CC(C)N)c1. The van der Waals surface area contributed by atoms with Gasteiger partial charge < -0.3 is 10.5 Å². The molecule has 2 heteroatoms. The third-order valence-corrected chi connectivity index (χ3v) is 3.53. The van der Waals surface area contributed by atoms with Gasteiger partial charge in [0.2, 0.25) is 0 Å². The molecule has 2 aromatic carbocycles. The lowest BCUT2D eigenvalue weighted by Gasteiger charge is -2.15. The fraction of sp³-hybridized carbons (Fsp3) is 0.333. The van der Waals surface area contributed by atoms with Gasteiger partial charge in [-0.15, -0.1) is 0 Å². The average Bonchev–Trinajstić information content (AvgIpc) is 2.37. The summed E-state index contributed by atoms with van der Waals surface area (Å²) < 4.78 is 6.12. The first-order chi connectivity index (χ1) is 9.47. The Kier molecular flexibility index (Phi) is 4.46. The number of benzene rings is 2. The minimum absolute atomic E-state index is 0.123. The van der Waals surface area contributed by atoms with Crippen LogP contribution >= 0.6 is 0 Å². The Labute approximate surface area is 121 Å². The predicted molar refractivity (Wildman–Crippen MR) is 84.5 cm³/mol. The highest BCUT2D eigenvalue weighted by Crippen LogP contribution is 2.30. The van der Waals surface area contributed by atoms with Crippen molar-refractivity contribution in [3.05, 3.63) is 58.7 Å². The maximum atomic E-state index is 6.12. The lowest BCUT2D eigenvalue weighted by atomic mass is 10.0. The van der Waals surface area contributed by atoms with Crippen LogP contribution in [0.4, 0.5) is 0 Å². The topological polar surface area (TPSA) is 35.2 Å². The summed E-state index contributed by atoms with van der Waals surface area (Å²) in [7, 11) is 0. The van der Waals surface area contributed by atoms with Gasteiger partial charge in [0.1, 0.15) is 11.5 Å². The number of hydrogen-bond acceptors (Lipinski definition) is 2. The number of ether oxygens (including phenoxy) is 1. The van der Waals surface area contributed by atoms with Crippen molar-refractivity contribution in [2.75, 3.05) is 0 Å². The molecule has 2 N–H and O–H groups in total. The average molecular weight is 269 g/mol. The summed E-state index contributed by atoms with van der Waals surface area (Å²) in [6, 6.07) is 12.5. The fourth-order valence-electron chi connectivity index (χ4n) is 2.27. The summed E-state index contributed by atoms with van der Waals surface area (Å²) >= 11 is 0. The summed E-state index contributed by atoms with van der Waals surface area (Å²) in [5.41, 5.74) is 10.8. The molecule has 0 amide bonds. The van der Waals surface area contributed by atoms with Crippen molar-refractivity contribution in [2.45, 2.75) is 40.2 Å². The van der Waals surface area contributed by atoms with E-state index >= 15 is 0 Å². The Bertz CT molecular complexity index is 602. The second-order valence-electron chi connectivity index (χ2n) is 5.59. The zero-order valence-electron chi connectivity index (χ0n) is 12.7. The summed E-state index contributed by atoms with van der Waals surface area (Å²) in [5, 5.41) is 0. The monoisotopic (exact) mass is 269 g/mol. The molecule has 0 aliphatic heterocycles. The van der Waals surface area contributed by atoms with Crippen molar-refractivity contribution < 1.29 is 4.74 Å². The van der Waals surface area contributed by atoms with Gasteiger partial charge >= 0.3 is 0 Å². The maximum absolute atomic E-state index is 6.12. The molecule has 2 nitrogen and oxygen atoms in total. The van der Waals surface area contributed by atoms with Crippen LogP contribution in [0, 0.1) is 20.8 Å². The molecule has 0 saturated carbocycles. The summed E-state index contributed by atoms with van der Waals surface area (Å²) in [6.45, 7) is 8.29. The van der Waals surface area contributed by atoms with E-state index in [4.69, 9.17) is 10.5 Å². The highest BCUT2D eigenvalue weighted by atomic mass is 16.5. The minimum Gasteiger partial charge on any atom is -0.457 e. The molecule has 0 aliphatic rings. The highest BCUT2D eigenvalue weighted by molar-refractivity contribution is 5.45. The fourth-order valence-corrected chi connectivity index (χ4v) is 2.27. The van der Waals surface area contributed by atoms with E-state index in [-0.39, 0.29) is 6.04 Å². The maximum Gasteiger partial charge on any atom is 0.130 e. The van der Waals surface area contributed by atoms with E-state index in [9.17, 15) is 0 Å². The smallest absolute Gasteiger partial charge is 0.130 e. The van der Waals surface area contributed by atoms with E-state index in [0.29, 0.717) is 0 Å². The van der Waals surface area contributed by atoms with Crippen molar-refractivity contribution in [3.8, 4) is 11.5 Å². The standard InChI is InChI=1S/C18H23NO/c1-12-8-9-18(16(10-12)11-14(3)19)20-17-7-5-6-13(2)15(17)4/h5-10,14H,11,19H2,1-4H3. The normalized spacial score (nSPS) is 12.2. The molecular formula is C18H23NO. The first-order valence-electron chi connectivity index (χ1n) is 7.06. The summed E-state index contributed by atoms with van der Waals surface area (Å²) in [5.74, 6) is 1.82. The van der Waals surface area contributed by atoms with Crippen molar-refractivity contribution in [1.29, 1.82) is 0 Å². The van der Waals surface area contributed by atoms with Crippen molar-refractivity contribution >= 4 is 0 Å². The molecule has 0 heterocycles. The van der Waals surface area contributed by atoms with Crippen LogP contribution in [0.15, 0.2) is 36.4 Å². The van der Waals surface area contributed by atoms with Gasteiger partial charge in [-0.3, -0.25) is 0 Å². The predicted octanol–water partition coefficient (Wildman–Crippen LogP) is 4.29. The molecule has 0 bridgehead atoms. The number of rotatable bonds is 4. The Morgan fingerprint density at radius 3 is 2.50 bits per heavy atom. The van der Waals surface area contributed by atoms with Crippen LogP contribution in [-0.4, -0.2) is 6.04 Å². The largest absolute Gasteiger partial charge is 0.457 e. The lowest BCUT2D eigenvalue weighted by Crippen LogP contribution is -2.18. The molecule has 1 unspecified atom stereocenters. The van der Waals surface area contributed by atoms with Crippen molar-refractivity contribution in [3.63, 3.8) is 0 Å². The van der Waals surface area contributed by atoms with Crippen LogP contribution < -0.4 is 10.5 Å². The van der Waals surface area contributed by atoms with Gasteiger partial charge in [0, 0.05) is 6.04 Å². The molecule has 2 rings (SSSR count). The molecule has 0 radical (unpaired) electrons. The third kappa shape index (κ3) is 3.40. The Morgan fingerprint density at radius 2 is 1.80 bits per heavy atom. The van der Waals surface area contributed by atoms with Gasteiger partial charge in [-0.1, -0.05) is 29.8 Å². The zero-order chi connectivity index (χ0) is 14.7. The zero-order valence-corrected chi connectivity index (χ0v) is 12.7. The molecule has 2 aromatic rings. The molecule has 0 spiro atoms. The van der Waals surface area contributed by atoms with Gasteiger partial charge in [-0.05, 0) is 62.9 Å². The van der Waals surface area contributed by atoms with E-state index in [0.717, 1.165) is 17.9 Å². The Balaban J connectivity index is 2.35. The van der Waals surface area contributed by atoms with E-state index in [1.54, 1.807) is 0 Å². The van der Waals surface area contributed by atoms with Gasteiger partial charge in [0.05, 0.1) is 0 Å². The molecule has 20 heavy (non-hydrogen) atoms. The molecule has 0 fully saturated rings. The first kappa shape index (κ1) is 14.6. The first-order valence-corrected chi connectivity index (χ1v) is 7.06. The van der Waals surface area contributed by atoms with Crippen LogP contribution in [-0.2, 0) is 6.42 Å². The quantitative estimate of drug-likeness (QED) is 0.898. The molecule has 106 valence electrons. The van der Waals surface area contributed by atoms with E-state index in [1.165, 1.54) is 22.3 Å². The van der Waals surface area contributed by atoms with Crippen molar-refractivity contribution in [1.82, 2.24) is 0 Å². The Hall–Kier alpha value is -1.80. The molecule has 0 aliphatic carbocycles. The van der Waals surface area contributed by atoms with Crippen LogP contribution in [0.5, 0.6) is 11.5 Å². The third-order valence-electron chi connectivity index (χ3n) is 3.53. The van der Waals surface area contributed by atoms with Gasteiger partial charge in [0.25, 0.3) is 0 Å². The second kappa shape index (κ2) is 6.10. The lowest BCUT2D eigenvalue weighted by molar-refractivity contribution is 0.469. The number of aryl methyl sites for hydroxylation is 2. The minimum atomic E-state index is 0.123. The number of hydrogen-bond donors (Lipinski definition) is 1. The number of nitrogens with two attached hydrogens (primary N) is 1. The van der Waals surface area contributed by atoms with Crippen molar-refractivity contribution in [2.24, 2.45) is 5.73 Å². The molecular weight excluding hydrogens is 246 g/mol. The van der Waals surface area contributed by atoms with Crippen LogP contribution in [0.2, 0.25) is 0 Å². The summed E-state index contributed by atoms with van der Waals surface area (Å²) in [6.07, 6.45) is 0.821. The van der Waals surface area contributed by atoms with Crippen LogP contribution in [0.1, 0.15) is 29.2 Å². The van der Waals surface area contributed by atoms with Crippen LogP contribution in [0.3, 0.4) is 0 Å².